The van der Waals surface area contributed by atoms with Gasteiger partial charge in [0.15, 0.2) is 5.69 Å². The third-order valence-corrected chi connectivity index (χ3v) is 2.25. The maximum atomic E-state index is 11.6. The molecule has 5 heteroatoms. The Balaban J connectivity index is 1.94. The quantitative estimate of drug-likeness (QED) is 0.843. The van der Waals surface area contributed by atoms with Crippen molar-refractivity contribution in [3.8, 4) is 5.75 Å². The van der Waals surface area contributed by atoms with Crippen LogP contribution in [0.25, 0.3) is 0 Å². The highest BCUT2D eigenvalue weighted by Gasteiger charge is 2.09. The van der Waals surface area contributed by atoms with Crippen molar-refractivity contribution in [1.82, 2.24) is 10.5 Å². The maximum Gasteiger partial charge on any atom is 0.273 e. The van der Waals surface area contributed by atoms with Gasteiger partial charge >= 0.3 is 0 Å². The number of amides is 1. The number of aryl methyl sites for hydroxylation is 1. The summed E-state index contributed by atoms with van der Waals surface area (Å²) in [4.78, 5) is 11.6. The van der Waals surface area contributed by atoms with Crippen LogP contribution in [-0.4, -0.2) is 16.2 Å². The Hall–Kier alpha value is -2.30. The highest BCUT2D eigenvalue weighted by Crippen LogP contribution is 2.09. The second-order valence-corrected chi connectivity index (χ2v) is 3.67. The number of nitrogens with one attached hydrogen (secondary N) is 1. The number of phenolic OH excluding ortho intramolecular Hbond substituents is 1. The molecule has 1 aromatic heterocycles. The Morgan fingerprint density at radius 1 is 1.41 bits per heavy atom. The zero-order chi connectivity index (χ0) is 12.3. The first kappa shape index (κ1) is 11.2. The van der Waals surface area contributed by atoms with Crippen LogP contribution in [0.15, 0.2) is 34.9 Å². The van der Waals surface area contributed by atoms with E-state index in [0.717, 1.165) is 5.56 Å². The first-order valence-electron chi connectivity index (χ1n) is 5.14. The summed E-state index contributed by atoms with van der Waals surface area (Å²) < 4.78 is 4.81. The molecular weight excluding hydrogens is 220 g/mol. The minimum atomic E-state index is -0.282. The molecule has 1 aromatic carbocycles. The number of rotatable bonds is 3. The van der Waals surface area contributed by atoms with Gasteiger partial charge in [0, 0.05) is 12.6 Å². The standard InChI is InChI=1S/C12H12N2O3/c1-8-6-11(14-17-8)12(16)13-7-9-2-4-10(15)5-3-9/h2-6,15H,7H2,1H3,(H,13,16). The van der Waals surface area contributed by atoms with Gasteiger partial charge < -0.3 is 14.9 Å². The minimum Gasteiger partial charge on any atom is -0.508 e. The fourth-order valence-electron chi connectivity index (χ4n) is 1.36. The van der Waals surface area contributed by atoms with Crippen molar-refractivity contribution >= 4 is 5.91 Å². The van der Waals surface area contributed by atoms with Gasteiger partial charge in [-0.05, 0) is 24.6 Å². The van der Waals surface area contributed by atoms with E-state index < -0.39 is 0 Å². The highest BCUT2D eigenvalue weighted by molar-refractivity contribution is 5.92. The van der Waals surface area contributed by atoms with E-state index in [4.69, 9.17) is 9.63 Å². The number of carbonyl (C=O) groups is 1. The second-order valence-electron chi connectivity index (χ2n) is 3.67. The van der Waals surface area contributed by atoms with Crippen LogP contribution in [0.4, 0.5) is 0 Å². The molecule has 0 saturated carbocycles. The average Bonchev–Trinajstić information content (AvgIpc) is 2.75. The van der Waals surface area contributed by atoms with Crippen LogP contribution in [-0.2, 0) is 6.54 Å². The number of benzene rings is 1. The number of aromatic hydroxyl groups is 1. The number of hydrogen-bond donors (Lipinski definition) is 2. The lowest BCUT2D eigenvalue weighted by Crippen LogP contribution is -2.22. The summed E-state index contributed by atoms with van der Waals surface area (Å²) in [5.74, 6) is 0.516. The van der Waals surface area contributed by atoms with E-state index in [1.54, 1.807) is 37.3 Å². The Bertz CT molecular complexity index is 517. The smallest absolute Gasteiger partial charge is 0.273 e. The molecule has 0 saturated heterocycles. The molecule has 17 heavy (non-hydrogen) atoms. The number of hydrogen-bond acceptors (Lipinski definition) is 4. The Morgan fingerprint density at radius 3 is 2.71 bits per heavy atom. The zero-order valence-electron chi connectivity index (χ0n) is 9.30. The minimum absolute atomic E-state index is 0.201. The first-order chi connectivity index (χ1) is 8.15. The van der Waals surface area contributed by atoms with Crippen molar-refractivity contribution in [1.29, 1.82) is 0 Å². The lowest BCUT2D eigenvalue weighted by molar-refractivity contribution is 0.0942. The van der Waals surface area contributed by atoms with E-state index in [1.165, 1.54) is 0 Å². The van der Waals surface area contributed by atoms with Crippen molar-refractivity contribution in [2.75, 3.05) is 0 Å². The van der Waals surface area contributed by atoms with Crippen LogP contribution in [0.1, 0.15) is 21.8 Å². The maximum absolute atomic E-state index is 11.6. The number of phenols is 1. The van der Waals surface area contributed by atoms with Gasteiger partial charge in [-0.25, -0.2) is 0 Å². The van der Waals surface area contributed by atoms with Gasteiger partial charge in [-0.15, -0.1) is 0 Å². The van der Waals surface area contributed by atoms with Gasteiger partial charge in [-0.1, -0.05) is 17.3 Å². The van der Waals surface area contributed by atoms with E-state index in [9.17, 15) is 4.79 Å². The molecule has 2 N–H and O–H groups in total. The molecule has 2 aromatic rings. The Kier molecular flexibility index (Phi) is 3.09. The topological polar surface area (TPSA) is 75.4 Å². The fourth-order valence-corrected chi connectivity index (χ4v) is 1.36. The van der Waals surface area contributed by atoms with Gasteiger partial charge in [-0.3, -0.25) is 4.79 Å². The lowest BCUT2D eigenvalue weighted by atomic mass is 10.2. The molecule has 1 amide bonds. The summed E-state index contributed by atoms with van der Waals surface area (Å²) >= 11 is 0. The van der Waals surface area contributed by atoms with E-state index in [1.807, 2.05) is 0 Å². The molecule has 0 aliphatic rings. The van der Waals surface area contributed by atoms with Crippen LogP contribution >= 0.6 is 0 Å². The summed E-state index contributed by atoms with van der Waals surface area (Å²) in [5, 5.41) is 15.4. The third kappa shape index (κ3) is 2.84. The van der Waals surface area contributed by atoms with E-state index in [2.05, 4.69) is 10.5 Å². The summed E-state index contributed by atoms with van der Waals surface area (Å²) in [6.07, 6.45) is 0. The molecule has 0 unspecified atom stereocenters. The monoisotopic (exact) mass is 232 g/mol. The molecule has 0 fully saturated rings. The van der Waals surface area contributed by atoms with Crippen LogP contribution in [0.2, 0.25) is 0 Å². The molecule has 0 aliphatic heterocycles. The van der Waals surface area contributed by atoms with E-state index in [0.29, 0.717) is 12.3 Å². The fraction of sp³-hybridized carbons (Fsp3) is 0.167. The van der Waals surface area contributed by atoms with Crippen LogP contribution in [0, 0.1) is 6.92 Å². The van der Waals surface area contributed by atoms with E-state index in [-0.39, 0.29) is 17.4 Å². The highest BCUT2D eigenvalue weighted by atomic mass is 16.5. The summed E-state index contributed by atoms with van der Waals surface area (Å²) in [5.41, 5.74) is 1.16. The number of aromatic nitrogens is 1. The Labute approximate surface area is 98.1 Å². The molecule has 0 spiro atoms. The summed E-state index contributed by atoms with van der Waals surface area (Å²) in [7, 11) is 0. The van der Waals surface area contributed by atoms with Crippen molar-refractivity contribution in [2.45, 2.75) is 13.5 Å². The van der Waals surface area contributed by atoms with Crippen molar-refractivity contribution in [2.24, 2.45) is 0 Å². The van der Waals surface area contributed by atoms with Gasteiger partial charge in [0.2, 0.25) is 0 Å². The van der Waals surface area contributed by atoms with Gasteiger partial charge in [0.05, 0.1) is 0 Å². The van der Waals surface area contributed by atoms with Crippen LogP contribution < -0.4 is 5.32 Å². The lowest BCUT2D eigenvalue weighted by Gasteiger charge is -2.02. The SMILES string of the molecule is Cc1cc(C(=O)NCc2ccc(O)cc2)no1. The van der Waals surface area contributed by atoms with Crippen LogP contribution in [0.3, 0.4) is 0 Å². The molecule has 0 bridgehead atoms. The zero-order valence-corrected chi connectivity index (χ0v) is 9.30. The molecule has 5 nitrogen and oxygen atoms in total. The number of carbonyl (C=O) groups excluding carboxylic acids is 1. The predicted molar refractivity (Wildman–Crippen MR) is 60.5 cm³/mol. The van der Waals surface area contributed by atoms with E-state index >= 15 is 0 Å². The molecule has 1 heterocycles. The second kappa shape index (κ2) is 4.69. The first-order valence-corrected chi connectivity index (χ1v) is 5.14. The number of nitrogens with zero attached hydrogens (tertiary/aromatic N) is 1. The third-order valence-electron chi connectivity index (χ3n) is 2.25. The van der Waals surface area contributed by atoms with Crippen molar-refractivity contribution in [3.63, 3.8) is 0 Å². The normalized spacial score (nSPS) is 10.2. The van der Waals surface area contributed by atoms with Crippen molar-refractivity contribution < 1.29 is 14.4 Å². The molecular formula is C12H12N2O3. The van der Waals surface area contributed by atoms with Gasteiger partial charge in [0.1, 0.15) is 11.5 Å². The predicted octanol–water partition coefficient (Wildman–Crippen LogP) is 1.62. The van der Waals surface area contributed by atoms with Gasteiger partial charge in [0.25, 0.3) is 5.91 Å². The van der Waals surface area contributed by atoms with Gasteiger partial charge in [-0.2, -0.15) is 0 Å². The summed E-state index contributed by atoms with van der Waals surface area (Å²) in [6, 6.07) is 8.20. The van der Waals surface area contributed by atoms with Crippen molar-refractivity contribution in [3.05, 3.63) is 47.3 Å². The van der Waals surface area contributed by atoms with Crippen LogP contribution in [0.5, 0.6) is 5.75 Å². The molecule has 0 radical (unpaired) electrons. The largest absolute Gasteiger partial charge is 0.508 e. The molecule has 0 atom stereocenters. The molecule has 2 rings (SSSR count). The summed E-state index contributed by atoms with van der Waals surface area (Å²) in [6.45, 7) is 2.11. The molecule has 88 valence electrons. The average molecular weight is 232 g/mol. The Morgan fingerprint density at radius 2 is 2.12 bits per heavy atom. The molecule has 0 aliphatic carbocycles.